The van der Waals surface area contributed by atoms with Gasteiger partial charge in [0.15, 0.2) is 0 Å². The molecule has 1 atom stereocenters. The molecule has 0 spiro atoms. The molecule has 1 unspecified atom stereocenters. The second-order valence-electron chi connectivity index (χ2n) is 8.29. The minimum absolute atomic E-state index is 0.0199. The molecular formula is C25H30N2O3. The number of hydrogen-bond donors (Lipinski definition) is 0. The van der Waals surface area contributed by atoms with Gasteiger partial charge in [-0.3, -0.25) is 14.4 Å². The number of amides is 3. The highest BCUT2D eigenvalue weighted by molar-refractivity contribution is 6.23. The molecule has 1 aliphatic heterocycles. The van der Waals surface area contributed by atoms with E-state index in [2.05, 4.69) is 13.8 Å². The fraction of sp³-hybridized carbons (Fsp3) is 0.400. The molecule has 5 heteroatoms. The average molecular weight is 407 g/mol. The van der Waals surface area contributed by atoms with Gasteiger partial charge in [0.25, 0.3) is 5.91 Å². The zero-order valence-electron chi connectivity index (χ0n) is 18.2. The van der Waals surface area contributed by atoms with Gasteiger partial charge < -0.3 is 4.90 Å². The molecule has 0 aromatic heterocycles. The molecule has 1 heterocycles. The Balaban J connectivity index is 1.86. The summed E-state index contributed by atoms with van der Waals surface area (Å²) in [5.74, 6) is -0.316. The third-order valence-electron chi connectivity index (χ3n) is 5.57. The lowest BCUT2D eigenvalue weighted by Gasteiger charge is -2.28. The molecule has 0 saturated carbocycles. The summed E-state index contributed by atoms with van der Waals surface area (Å²) in [6, 6.07) is 14.7. The monoisotopic (exact) mass is 406 g/mol. The first kappa shape index (κ1) is 21.8. The van der Waals surface area contributed by atoms with E-state index in [0.29, 0.717) is 31.0 Å². The summed E-state index contributed by atoms with van der Waals surface area (Å²) in [6.45, 7) is 8.46. The van der Waals surface area contributed by atoms with Crippen molar-refractivity contribution in [1.82, 2.24) is 4.90 Å². The maximum Gasteiger partial charge on any atom is 0.257 e. The van der Waals surface area contributed by atoms with Gasteiger partial charge in [0, 0.05) is 13.0 Å². The summed E-state index contributed by atoms with van der Waals surface area (Å²) in [5.41, 5.74) is 3.79. The molecule has 1 saturated heterocycles. The van der Waals surface area contributed by atoms with Crippen LogP contribution in [0.15, 0.2) is 48.5 Å². The molecule has 2 aromatic rings. The molecule has 0 N–H and O–H groups in total. The largest absolute Gasteiger partial charge is 0.326 e. The van der Waals surface area contributed by atoms with E-state index in [9.17, 15) is 14.4 Å². The molecule has 0 bridgehead atoms. The number of rotatable bonds is 7. The first-order valence-corrected chi connectivity index (χ1v) is 10.6. The van der Waals surface area contributed by atoms with Crippen molar-refractivity contribution < 1.29 is 14.4 Å². The molecule has 5 nitrogen and oxygen atoms in total. The minimum atomic E-state index is -0.761. The molecule has 1 fully saturated rings. The van der Waals surface area contributed by atoms with Gasteiger partial charge in [-0.15, -0.1) is 0 Å². The van der Waals surface area contributed by atoms with Gasteiger partial charge in [-0.25, -0.2) is 4.90 Å². The maximum absolute atomic E-state index is 13.2. The third-order valence-corrected chi connectivity index (χ3v) is 5.57. The van der Waals surface area contributed by atoms with E-state index < -0.39 is 6.04 Å². The van der Waals surface area contributed by atoms with E-state index in [4.69, 9.17) is 0 Å². The minimum Gasteiger partial charge on any atom is -0.326 e. The Morgan fingerprint density at radius 3 is 2.27 bits per heavy atom. The lowest BCUT2D eigenvalue weighted by atomic mass is 10.0. The molecule has 158 valence electrons. The Labute approximate surface area is 178 Å². The number of nitrogens with zero attached hydrogens (tertiary/aromatic N) is 2. The summed E-state index contributed by atoms with van der Waals surface area (Å²) in [5, 5.41) is 0. The molecule has 1 aliphatic rings. The number of carbonyl (C=O) groups excluding carboxylic acids is 3. The lowest BCUT2D eigenvalue weighted by Crippen LogP contribution is -2.45. The number of benzene rings is 2. The normalized spacial score (nSPS) is 16.4. The van der Waals surface area contributed by atoms with Crippen LogP contribution in [0.4, 0.5) is 5.69 Å². The van der Waals surface area contributed by atoms with Crippen LogP contribution < -0.4 is 4.90 Å². The van der Waals surface area contributed by atoms with Gasteiger partial charge in [0.1, 0.15) is 6.04 Å². The van der Waals surface area contributed by atoms with Crippen LogP contribution in [0, 0.1) is 6.92 Å². The number of carbonyl (C=O) groups is 3. The molecule has 3 rings (SSSR count). The van der Waals surface area contributed by atoms with E-state index >= 15 is 0 Å². The first-order valence-electron chi connectivity index (χ1n) is 10.6. The Morgan fingerprint density at radius 1 is 1.07 bits per heavy atom. The van der Waals surface area contributed by atoms with Crippen LogP contribution >= 0.6 is 0 Å². The summed E-state index contributed by atoms with van der Waals surface area (Å²) < 4.78 is 0. The van der Waals surface area contributed by atoms with E-state index in [0.717, 1.165) is 16.7 Å². The lowest BCUT2D eigenvalue weighted by molar-refractivity contribution is -0.139. The fourth-order valence-corrected chi connectivity index (χ4v) is 3.76. The van der Waals surface area contributed by atoms with E-state index in [1.807, 2.05) is 62.4 Å². The Kier molecular flexibility index (Phi) is 6.70. The summed E-state index contributed by atoms with van der Waals surface area (Å²) in [4.78, 5) is 41.7. The van der Waals surface area contributed by atoms with Gasteiger partial charge in [-0.1, -0.05) is 62.7 Å². The fourth-order valence-electron chi connectivity index (χ4n) is 3.76. The van der Waals surface area contributed by atoms with Crippen molar-refractivity contribution in [2.24, 2.45) is 0 Å². The second-order valence-corrected chi connectivity index (χ2v) is 8.29. The highest BCUT2D eigenvalue weighted by Gasteiger charge is 2.44. The van der Waals surface area contributed by atoms with Crippen LogP contribution in [0.2, 0.25) is 0 Å². The number of anilines is 1. The maximum atomic E-state index is 13.2. The van der Waals surface area contributed by atoms with Gasteiger partial charge in [0.2, 0.25) is 11.8 Å². The molecule has 0 radical (unpaired) electrons. The van der Waals surface area contributed by atoms with E-state index in [1.54, 1.807) is 4.90 Å². The van der Waals surface area contributed by atoms with Crippen molar-refractivity contribution in [3.05, 3.63) is 65.2 Å². The standard InChI is InChI=1S/C25H30N2O3/c1-5-6-23(28)26(16-19-9-7-18(4)8-10-19)22-15-24(29)27(25(22)30)21-13-11-20(12-14-21)17(2)3/h7-14,17,22H,5-6,15-16H2,1-4H3. The summed E-state index contributed by atoms with van der Waals surface area (Å²) >= 11 is 0. The molecule has 2 aromatic carbocycles. The van der Waals surface area contributed by atoms with Crippen LogP contribution in [-0.4, -0.2) is 28.7 Å². The third kappa shape index (κ3) is 4.61. The van der Waals surface area contributed by atoms with Crippen LogP contribution in [0.1, 0.15) is 62.6 Å². The van der Waals surface area contributed by atoms with Crippen molar-refractivity contribution in [2.45, 2.75) is 65.5 Å². The molecule has 30 heavy (non-hydrogen) atoms. The second kappa shape index (κ2) is 9.24. The van der Waals surface area contributed by atoms with Crippen molar-refractivity contribution >= 4 is 23.4 Å². The smallest absolute Gasteiger partial charge is 0.257 e. The van der Waals surface area contributed by atoms with Crippen molar-refractivity contribution in [2.75, 3.05) is 4.90 Å². The highest BCUT2D eigenvalue weighted by atomic mass is 16.2. The molecule has 3 amide bonds. The van der Waals surface area contributed by atoms with Crippen LogP contribution in [0.5, 0.6) is 0 Å². The molecule has 0 aliphatic carbocycles. The van der Waals surface area contributed by atoms with Gasteiger partial charge in [-0.2, -0.15) is 0 Å². The number of imide groups is 1. The van der Waals surface area contributed by atoms with Gasteiger partial charge >= 0.3 is 0 Å². The van der Waals surface area contributed by atoms with E-state index in [1.165, 1.54) is 4.90 Å². The zero-order chi connectivity index (χ0) is 21.8. The first-order chi connectivity index (χ1) is 14.3. The number of hydrogen-bond acceptors (Lipinski definition) is 3. The van der Waals surface area contributed by atoms with Gasteiger partial charge in [0.05, 0.1) is 12.1 Å². The highest BCUT2D eigenvalue weighted by Crippen LogP contribution is 2.28. The quantitative estimate of drug-likeness (QED) is 0.633. The van der Waals surface area contributed by atoms with Crippen molar-refractivity contribution in [3.8, 4) is 0 Å². The summed E-state index contributed by atoms with van der Waals surface area (Å²) in [6.07, 6.45) is 1.07. The predicted molar refractivity (Wildman–Crippen MR) is 118 cm³/mol. The average Bonchev–Trinajstić information content (AvgIpc) is 3.01. The van der Waals surface area contributed by atoms with E-state index in [-0.39, 0.29) is 24.1 Å². The Hall–Kier alpha value is -2.95. The van der Waals surface area contributed by atoms with Crippen LogP contribution in [0.3, 0.4) is 0 Å². The van der Waals surface area contributed by atoms with Crippen molar-refractivity contribution in [1.29, 1.82) is 0 Å². The van der Waals surface area contributed by atoms with Gasteiger partial charge in [-0.05, 0) is 42.5 Å². The van der Waals surface area contributed by atoms with Crippen LogP contribution in [-0.2, 0) is 20.9 Å². The topological polar surface area (TPSA) is 57.7 Å². The predicted octanol–water partition coefficient (Wildman–Crippen LogP) is 4.58. The van der Waals surface area contributed by atoms with Crippen LogP contribution in [0.25, 0.3) is 0 Å². The molecular weight excluding hydrogens is 376 g/mol. The Morgan fingerprint density at radius 2 is 1.70 bits per heavy atom. The SMILES string of the molecule is CCCC(=O)N(Cc1ccc(C)cc1)C1CC(=O)N(c2ccc(C(C)C)cc2)C1=O. The zero-order valence-corrected chi connectivity index (χ0v) is 18.2. The Bertz CT molecular complexity index is 916. The van der Waals surface area contributed by atoms with Crippen molar-refractivity contribution in [3.63, 3.8) is 0 Å². The number of aryl methyl sites for hydroxylation is 1. The summed E-state index contributed by atoms with van der Waals surface area (Å²) in [7, 11) is 0.